The molecule has 0 atom stereocenters. The number of nitrogens with zero attached hydrogens (tertiary/aromatic N) is 2. The zero-order valence-corrected chi connectivity index (χ0v) is 32.7. The molecule has 0 saturated carbocycles. The summed E-state index contributed by atoms with van der Waals surface area (Å²) in [5.41, 5.74) is 4.24. The summed E-state index contributed by atoms with van der Waals surface area (Å²) in [5.74, 6) is 0.797. The van der Waals surface area contributed by atoms with E-state index in [0.717, 1.165) is 43.9 Å². The molecule has 0 bridgehead atoms. The minimum atomic E-state index is -1.57. The van der Waals surface area contributed by atoms with Crippen molar-refractivity contribution in [2.75, 3.05) is 0 Å². The number of aromatic nitrogens is 2. The first kappa shape index (κ1) is 34.1. The van der Waals surface area contributed by atoms with Gasteiger partial charge in [0.25, 0.3) is 0 Å². The molecular formula is C48H32Cl2N2OP2. The second kappa shape index (κ2) is 14.3. The largest absolute Gasteiger partial charge is 0.435 e. The summed E-state index contributed by atoms with van der Waals surface area (Å²) < 4.78 is 12.0. The van der Waals surface area contributed by atoms with Crippen LogP contribution < -0.4 is 20.4 Å². The first-order valence-electron chi connectivity index (χ1n) is 18.1. The highest BCUT2D eigenvalue weighted by Gasteiger charge is 2.28. The average Bonchev–Trinajstić information content (AvgIpc) is 3.84. The minimum absolute atomic E-state index is 0.671. The van der Waals surface area contributed by atoms with Crippen LogP contribution in [-0.4, -0.2) is 8.68 Å². The highest BCUT2D eigenvalue weighted by atomic mass is 35.5. The van der Waals surface area contributed by atoms with Gasteiger partial charge in [-0.1, -0.05) is 163 Å². The first-order chi connectivity index (χ1) is 27.1. The van der Waals surface area contributed by atoms with E-state index in [2.05, 4.69) is 179 Å². The first-order valence-corrected chi connectivity index (χ1v) is 21.3. The summed E-state index contributed by atoms with van der Waals surface area (Å²) in [5, 5.41) is 12.0. The third kappa shape index (κ3) is 6.19. The Morgan fingerprint density at radius 2 is 0.891 bits per heavy atom. The van der Waals surface area contributed by atoms with E-state index in [0.29, 0.717) is 10.0 Å². The van der Waals surface area contributed by atoms with Crippen molar-refractivity contribution in [3.8, 4) is 16.9 Å². The van der Waals surface area contributed by atoms with Gasteiger partial charge in [0.15, 0.2) is 0 Å². The fourth-order valence-corrected chi connectivity index (χ4v) is 12.2. The number of hydrogen-bond acceptors (Lipinski definition) is 1. The monoisotopic (exact) mass is 784 g/mol. The summed E-state index contributed by atoms with van der Waals surface area (Å²) in [4.78, 5) is 0. The van der Waals surface area contributed by atoms with Gasteiger partial charge in [-0.3, -0.25) is 8.68 Å². The molecule has 55 heavy (non-hydrogen) atoms. The molecule has 0 aliphatic rings. The maximum atomic E-state index is 7.60. The van der Waals surface area contributed by atoms with Gasteiger partial charge in [0, 0.05) is 44.3 Å². The molecule has 0 unspecified atom stereocenters. The maximum absolute atomic E-state index is 7.60. The standard InChI is InChI=1S/C48H32Cl2N2OP2/c49-37-23-19-35-27-29-51(43(35)31-37)55(52-30-28-36-20-24-38(50)32-44(36)52)53-45-25-21-33-11-7-9-17-41(33)47(45)48-42-18-10-8-12-34(42)22-26-46(48)54(39-13-3-1-4-14-39)40-15-5-2-6-16-40/h1-32H. The van der Waals surface area contributed by atoms with Crippen LogP contribution in [0.15, 0.2) is 194 Å². The maximum Gasteiger partial charge on any atom is 0.318 e. The van der Waals surface area contributed by atoms with Crippen LogP contribution in [0.1, 0.15) is 0 Å². The SMILES string of the molecule is Clc1ccc2ccn(P(Oc3ccc4ccccc4c3-c3c(P(c4ccccc4)c4ccccc4)ccc4ccccc34)n3ccc4ccc(Cl)cc43)c2c1. The molecular weight excluding hydrogens is 753 g/mol. The molecule has 8 aromatic carbocycles. The van der Waals surface area contributed by atoms with Gasteiger partial charge in [-0.05, 0) is 87.8 Å². The molecule has 0 N–H and O–H groups in total. The molecule has 0 spiro atoms. The average molecular weight is 786 g/mol. The van der Waals surface area contributed by atoms with Gasteiger partial charge in [-0.2, -0.15) is 0 Å². The smallest absolute Gasteiger partial charge is 0.318 e. The Morgan fingerprint density at radius 3 is 1.45 bits per heavy atom. The Balaban J connectivity index is 1.28. The van der Waals surface area contributed by atoms with Crippen molar-refractivity contribution >= 4 is 98.8 Å². The molecule has 0 saturated heterocycles. The summed E-state index contributed by atoms with van der Waals surface area (Å²) in [6.07, 6.45) is 4.22. The van der Waals surface area contributed by atoms with Crippen LogP contribution in [0.2, 0.25) is 10.0 Å². The van der Waals surface area contributed by atoms with Crippen LogP contribution in [-0.2, 0) is 0 Å². The zero-order chi connectivity index (χ0) is 36.9. The van der Waals surface area contributed by atoms with E-state index >= 15 is 0 Å². The van der Waals surface area contributed by atoms with Gasteiger partial charge in [-0.25, -0.2) is 0 Å². The molecule has 10 aromatic rings. The van der Waals surface area contributed by atoms with E-state index in [9.17, 15) is 0 Å². The van der Waals surface area contributed by atoms with Gasteiger partial charge in [-0.15, -0.1) is 0 Å². The Hall–Kier alpha value is -5.40. The number of rotatable bonds is 8. The van der Waals surface area contributed by atoms with Crippen LogP contribution in [0.4, 0.5) is 0 Å². The van der Waals surface area contributed by atoms with E-state index in [4.69, 9.17) is 27.7 Å². The summed E-state index contributed by atoms with van der Waals surface area (Å²) in [6.45, 7) is 0. The normalized spacial score (nSPS) is 11.8. The van der Waals surface area contributed by atoms with Gasteiger partial charge in [0.1, 0.15) is 5.75 Å². The van der Waals surface area contributed by atoms with Crippen LogP contribution >= 0.6 is 39.6 Å². The van der Waals surface area contributed by atoms with E-state index < -0.39 is 16.4 Å². The van der Waals surface area contributed by atoms with Crippen molar-refractivity contribution in [2.45, 2.75) is 0 Å². The molecule has 3 nitrogen and oxygen atoms in total. The molecule has 2 aromatic heterocycles. The molecule has 0 aliphatic carbocycles. The lowest BCUT2D eigenvalue weighted by molar-refractivity contribution is 0.599. The second-order valence-electron chi connectivity index (χ2n) is 13.4. The predicted molar refractivity (Wildman–Crippen MR) is 238 cm³/mol. The lowest BCUT2D eigenvalue weighted by Gasteiger charge is -2.27. The van der Waals surface area contributed by atoms with Crippen molar-refractivity contribution in [1.82, 2.24) is 8.68 Å². The van der Waals surface area contributed by atoms with Gasteiger partial charge in [0.2, 0.25) is 0 Å². The fourth-order valence-electron chi connectivity index (χ4n) is 7.63. The fraction of sp³-hybridized carbons (Fsp3) is 0. The van der Waals surface area contributed by atoms with Crippen LogP contribution in [0.25, 0.3) is 54.5 Å². The Labute approximate surface area is 331 Å². The third-order valence-corrected chi connectivity index (χ3v) is 14.9. The molecule has 264 valence electrons. The van der Waals surface area contributed by atoms with Crippen molar-refractivity contribution < 1.29 is 4.52 Å². The van der Waals surface area contributed by atoms with E-state index in [-0.39, 0.29) is 0 Å². The van der Waals surface area contributed by atoms with Crippen molar-refractivity contribution in [3.05, 3.63) is 204 Å². The third-order valence-electron chi connectivity index (χ3n) is 10.1. The molecule has 10 rings (SSSR count). The topological polar surface area (TPSA) is 19.1 Å². The van der Waals surface area contributed by atoms with E-state index in [1.807, 2.05) is 24.3 Å². The van der Waals surface area contributed by atoms with Gasteiger partial charge in [0.05, 0.1) is 11.0 Å². The molecule has 7 heteroatoms. The van der Waals surface area contributed by atoms with Crippen LogP contribution in [0.5, 0.6) is 5.75 Å². The minimum Gasteiger partial charge on any atom is -0.435 e. The Morgan fingerprint density at radius 1 is 0.418 bits per heavy atom. The van der Waals surface area contributed by atoms with Crippen molar-refractivity contribution in [1.29, 1.82) is 0 Å². The molecule has 2 heterocycles. The van der Waals surface area contributed by atoms with Crippen molar-refractivity contribution in [2.24, 2.45) is 0 Å². The Bertz CT molecular complexity index is 2900. The summed E-state index contributed by atoms with van der Waals surface area (Å²) in [6, 6.07) is 64.5. The highest BCUT2D eigenvalue weighted by molar-refractivity contribution is 7.80. The summed E-state index contributed by atoms with van der Waals surface area (Å²) >= 11 is 13.3. The second-order valence-corrected chi connectivity index (χ2v) is 18.0. The number of fused-ring (bicyclic) bond motifs is 4. The lowest BCUT2D eigenvalue weighted by atomic mass is 9.93. The zero-order valence-electron chi connectivity index (χ0n) is 29.4. The lowest BCUT2D eigenvalue weighted by Crippen LogP contribution is -2.22. The predicted octanol–water partition coefficient (Wildman–Crippen LogP) is 13.3. The molecule has 0 aliphatic heterocycles. The molecule has 0 radical (unpaired) electrons. The number of halogens is 2. The summed E-state index contributed by atoms with van der Waals surface area (Å²) in [7, 11) is -2.54. The van der Waals surface area contributed by atoms with Crippen LogP contribution in [0, 0.1) is 0 Å². The number of hydrogen-bond donors (Lipinski definition) is 0. The Kier molecular flexibility index (Phi) is 8.90. The van der Waals surface area contributed by atoms with Crippen LogP contribution in [0.3, 0.4) is 0 Å². The quantitative estimate of drug-likeness (QED) is 0.140. The highest BCUT2D eigenvalue weighted by Crippen LogP contribution is 2.52. The van der Waals surface area contributed by atoms with Gasteiger partial charge < -0.3 is 4.52 Å². The van der Waals surface area contributed by atoms with E-state index in [1.165, 1.54) is 32.2 Å². The molecule has 0 amide bonds. The van der Waals surface area contributed by atoms with E-state index in [1.54, 1.807) is 0 Å². The number of benzene rings is 8. The van der Waals surface area contributed by atoms with Crippen molar-refractivity contribution in [3.63, 3.8) is 0 Å². The molecule has 0 fully saturated rings. The van der Waals surface area contributed by atoms with Gasteiger partial charge >= 0.3 is 8.45 Å².